The monoisotopic (exact) mass is 351 g/mol. The first-order valence-corrected chi connectivity index (χ1v) is 10.9. The van der Waals surface area contributed by atoms with Gasteiger partial charge in [-0.05, 0) is 21.3 Å². The molecule has 1 atom stereocenters. The first kappa shape index (κ1) is 19.4. The van der Waals surface area contributed by atoms with Crippen LogP contribution in [0.3, 0.4) is 0 Å². The van der Waals surface area contributed by atoms with Gasteiger partial charge >= 0.3 is 0 Å². The molecule has 25 heavy (non-hydrogen) atoms. The molecule has 2 rings (SSSR count). The van der Waals surface area contributed by atoms with Gasteiger partial charge in [-0.3, -0.25) is 0 Å². The van der Waals surface area contributed by atoms with E-state index in [1.54, 1.807) is 0 Å². The molecule has 0 aliphatic heterocycles. The van der Waals surface area contributed by atoms with Crippen LogP contribution in [0.4, 0.5) is 0 Å². The first-order chi connectivity index (χ1) is 11.8. The summed E-state index contributed by atoms with van der Waals surface area (Å²) in [6, 6.07) is 23.6. The van der Waals surface area contributed by atoms with E-state index < -0.39 is 8.32 Å². The predicted octanol–water partition coefficient (Wildman–Crippen LogP) is 4.36. The molecule has 0 aliphatic carbocycles. The number of rotatable bonds is 6. The van der Waals surface area contributed by atoms with Crippen LogP contribution in [0.5, 0.6) is 0 Å². The molecular formula is C22H29NOSi. The molecule has 0 N–H and O–H groups in total. The Morgan fingerprint density at radius 3 is 1.68 bits per heavy atom. The maximum Gasteiger partial charge on any atom is 0.261 e. The van der Waals surface area contributed by atoms with Crippen LogP contribution >= 0.6 is 0 Å². The smallest absolute Gasteiger partial charge is 0.261 e. The molecule has 0 radical (unpaired) electrons. The lowest BCUT2D eigenvalue weighted by molar-refractivity contribution is 0.233. The molecule has 0 fully saturated rings. The summed E-state index contributed by atoms with van der Waals surface area (Å²) in [5, 5.41) is 12.0. The number of benzene rings is 2. The molecule has 2 nitrogen and oxygen atoms in total. The Balaban J connectivity index is 2.59. The fraction of sp³-hybridized carbons (Fsp3) is 0.409. The molecule has 2 aromatic carbocycles. The average Bonchev–Trinajstić information content (AvgIpc) is 2.59. The summed E-state index contributed by atoms with van der Waals surface area (Å²) in [7, 11) is -2.53. The van der Waals surface area contributed by atoms with Gasteiger partial charge < -0.3 is 4.43 Å². The third-order valence-electron chi connectivity index (χ3n) is 4.87. The van der Waals surface area contributed by atoms with Crippen molar-refractivity contribution in [1.82, 2.24) is 0 Å². The Morgan fingerprint density at radius 2 is 1.36 bits per heavy atom. The third-order valence-corrected chi connectivity index (χ3v) is 9.87. The highest BCUT2D eigenvalue weighted by Gasteiger charge is 2.50. The van der Waals surface area contributed by atoms with Gasteiger partial charge in [0.2, 0.25) is 0 Å². The minimum absolute atomic E-state index is 0.0489. The lowest BCUT2D eigenvalue weighted by Gasteiger charge is -2.43. The number of nitriles is 1. The molecule has 2 aromatic rings. The normalized spacial score (nSPS) is 13.5. The van der Waals surface area contributed by atoms with Gasteiger partial charge in [0.15, 0.2) is 0 Å². The van der Waals surface area contributed by atoms with E-state index in [2.05, 4.69) is 89.2 Å². The predicted molar refractivity (Wildman–Crippen MR) is 108 cm³/mol. The molecule has 0 bridgehead atoms. The van der Waals surface area contributed by atoms with E-state index in [0.29, 0.717) is 6.61 Å². The van der Waals surface area contributed by atoms with Crippen LogP contribution in [0.15, 0.2) is 60.7 Å². The lowest BCUT2D eigenvalue weighted by atomic mass is 9.99. The second-order valence-electron chi connectivity index (χ2n) is 7.95. The summed E-state index contributed by atoms with van der Waals surface area (Å²) < 4.78 is 6.80. The molecule has 0 saturated carbocycles. The zero-order chi connectivity index (χ0) is 18.5. The van der Waals surface area contributed by atoms with Crippen LogP contribution in [0.25, 0.3) is 0 Å². The average molecular weight is 352 g/mol. The van der Waals surface area contributed by atoms with Crippen molar-refractivity contribution in [2.45, 2.75) is 39.7 Å². The van der Waals surface area contributed by atoms with Crippen LogP contribution in [0.2, 0.25) is 5.04 Å². The van der Waals surface area contributed by atoms with Gasteiger partial charge in [-0.15, -0.1) is 0 Å². The zero-order valence-corrected chi connectivity index (χ0v) is 17.0. The summed E-state index contributed by atoms with van der Waals surface area (Å²) in [5.74, 6) is 0.185. The van der Waals surface area contributed by atoms with Gasteiger partial charge in [0.1, 0.15) is 0 Å². The molecule has 0 heterocycles. The van der Waals surface area contributed by atoms with Crippen LogP contribution in [0.1, 0.15) is 34.6 Å². The van der Waals surface area contributed by atoms with Gasteiger partial charge in [0.25, 0.3) is 8.32 Å². The van der Waals surface area contributed by atoms with Crippen molar-refractivity contribution in [3.05, 3.63) is 60.7 Å². The van der Waals surface area contributed by atoms with Crippen LogP contribution in [0, 0.1) is 23.2 Å². The Kier molecular flexibility index (Phi) is 6.21. The Labute approximate surface area is 153 Å². The van der Waals surface area contributed by atoms with Crippen molar-refractivity contribution in [3.8, 4) is 6.07 Å². The lowest BCUT2D eigenvalue weighted by Crippen LogP contribution is -2.67. The molecule has 0 aromatic heterocycles. The number of hydrogen-bond acceptors (Lipinski definition) is 2. The minimum Gasteiger partial charge on any atom is -0.406 e. The van der Waals surface area contributed by atoms with Crippen molar-refractivity contribution in [1.29, 1.82) is 5.26 Å². The fourth-order valence-corrected chi connectivity index (χ4v) is 7.94. The summed E-state index contributed by atoms with van der Waals surface area (Å²) in [6.07, 6.45) is 0. The topological polar surface area (TPSA) is 33.0 Å². The Morgan fingerprint density at radius 1 is 0.920 bits per heavy atom. The highest BCUT2D eigenvalue weighted by molar-refractivity contribution is 6.99. The van der Waals surface area contributed by atoms with Crippen molar-refractivity contribution < 1.29 is 4.43 Å². The van der Waals surface area contributed by atoms with E-state index in [4.69, 9.17) is 4.43 Å². The fourth-order valence-electron chi connectivity index (χ4n) is 3.36. The second-order valence-corrected chi connectivity index (χ2v) is 12.3. The first-order valence-electron chi connectivity index (χ1n) is 8.97. The van der Waals surface area contributed by atoms with Crippen LogP contribution < -0.4 is 10.4 Å². The summed E-state index contributed by atoms with van der Waals surface area (Å²) in [4.78, 5) is 0. The minimum atomic E-state index is -2.53. The van der Waals surface area contributed by atoms with Gasteiger partial charge in [-0.1, -0.05) is 95.3 Å². The van der Waals surface area contributed by atoms with Crippen LogP contribution in [-0.4, -0.2) is 14.9 Å². The van der Waals surface area contributed by atoms with Crippen molar-refractivity contribution in [3.63, 3.8) is 0 Å². The largest absolute Gasteiger partial charge is 0.406 e. The highest BCUT2D eigenvalue weighted by Crippen LogP contribution is 2.37. The van der Waals surface area contributed by atoms with Gasteiger partial charge in [0.05, 0.1) is 18.6 Å². The SMILES string of the molecule is CC(C)C(C#N)CO[Si](c1ccccc1)(c1ccccc1)C(C)(C)C. The summed E-state index contributed by atoms with van der Waals surface area (Å²) >= 11 is 0. The molecule has 0 amide bonds. The van der Waals surface area contributed by atoms with E-state index >= 15 is 0 Å². The maximum absolute atomic E-state index is 9.52. The summed E-state index contributed by atoms with van der Waals surface area (Å²) in [6.45, 7) is 11.4. The van der Waals surface area contributed by atoms with E-state index in [1.165, 1.54) is 10.4 Å². The molecule has 0 aliphatic rings. The standard InChI is InChI=1S/C22H29NOSi/c1-18(2)19(16-23)17-24-25(22(3,4)5,20-12-8-6-9-13-20)21-14-10-7-11-15-21/h6-15,18-19H,17H2,1-5H3. The van der Waals surface area contributed by atoms with Crippen molar-refractivity contribution in [2.24, 2.45) is 11.8 Å². The Bertz CT molecular complexity index is 659. The van der Waals surface area contributed by atoms with Crippen molar-refractivity contribution >= 4 is 18.7 Å². The Hall–Kier alpha value is -1.89. The van der Waals surface area contributed by atoms with Gasteiger partial charge in [-0.25, -0.2) is 0 Å². The van der Waals surface area contributed by atoms with Gasteiger partial charge in [-0.2, -0.15) is 5.26 Å². The molecule has 1 unspecified atom stereocenters. The number of nitrogens with zero attached hydrogens (tertiary/aromatic N) is 1. The molecule has 3 heteroatoms. The molecule has 132 valence electrons. The van der Waals surface area contributed by atoms with Gasteiger partial charge in [0, 0.05) is 0 Å². The summed E-state index contributed by atoms with van der Waals surface area (Å²) in [5.41, 5.74) is 0. The molecular weight excluding hydrogens is 322 g/mol. The number of hydrogen-bond donors (Lipinski definition) is 0. The highest BCUT2D eigenvalue weighted by atomic mass is 28.4. The van der Waals surface area contributed by atoms with Crippen molar-refractivity contribution in [2.75, 3.05) is 6.61 Å². The van der Waals surface area contributed by atoms with E-state index in [0.717, 1.165) is 0 Å². The van der Waals surface area contributed by atoms with E-state index in [-0.39, 0.29) is 16.9 Å². The van der Waals surface area contributed by atoms with Crippen LogP contribution in [-0.2, 0) is 4.43 Å². The molecule has 0 saturated heterocycles. The van der Waals surface area contributed by atoms with E-state index in [9.17, 15) is 5.26 Å². The third kappa shape index (κ3) is 4.03. The second kappa shape index (κ2) is 7.99. The maximum atomic E-state index is 9.52. The van der Waals surface area contributed by atoms with E-state index in [1.807, 2.05) is 12.1 Å². The zero-order valence-electron chi connectivity index (χ0n) is 16.0. The quantitative estimate of drug-likeness (QED) is 0.725. The molecule has 0 spiro atoms.